The Morgan fingerprint density at radius 1 is 1.30 bits per heavy atom. The van der Waals surface area contributed by atoms with Crippen molar-refractivity contribution in [3.05, 3.63) is 33.4 Å². The molecule has 3 aliphatic carbocycles. The summed E-state index contributed by atoms with van der Waals surface area (Å²) in [6, 6.07) is 0. The predicted molar refractivity (Wildman–Crippen MR) is 115 cm³/mol. The number of carbonyl (C=O) groups excluding carboxylic acids is 2. The summed E-state index contributed by atoms with van der Waals surface area (Å²) in [6.07, 6.45) is 2.13. The molecule has 5 rings (SSSR count). The van der Waals surface area contributed by atoms with Crippen LogP contribution in [0, 0.1) is 45.6 Å². The molecule has 0 aromatic rings. The Balaban J connectivity index is 1.71. The standard InChI is InChI=1S/C24H31NO8/c1-10-16(9-25(29)30)21-15-7-6-14-8-23(31-5)17(11(2)20(13(4)26)32-22(23)28)12(3)24(14,33-21)18(15)19(10)27/h6-7,10-11,13-16,18,20-21,26H,8-9H2,1-5H3/t10?,11-,13-,14-,15-,16?,18+,20+,21-,23-,24+/m1/s1. The number of ether oxygens (including phenoxy) is 3. The number of nitro groups is 1. The lowest BCUT2D eigenvalue weighted by molar-refractivity contribution is -0.492. The van der Waals surface area contributed by atoms with Crippen LogP contribution in [0.5, 0.6) is 0 Å². The van der Waals surface area contributed by atoms with Crippen molar-refractivity contribution < 1.29 is 33.8 Å². The van der Waals surface area contributed by atoms with Crippen LogP contribution in [0.2, 0.25) is 0 Å². The second-order valence-electron chi connectivity index (χ2n) is 10.5. The molecule has 9 heteroatoms. The zero-order valence-electron chi connectivity index (χ0n) is 19.5. The predicted octanol–water partition coefficient (Wildman–Crippen LogP) is 1.70. The fourth-order valence-electron chi connectivity index (χ4n) is 7.72. The van der Waals surface area contributed by atoms with E-state index in [1.54, 1.807) is 13.8 Å². The lowest BCUT2D eigenvalue weighted by atomic mass is 9.52. The third kappa shape index (κ3) is 2.64. The molecular formula is C24H31NO8. The summed E-state index contributed by atoms with van der Waals surface area (Å²) in [5.41, 5.74) is -0.833. The number of aliphatic hydroxyl groups excluding tert-OH is 1. The Labute approximate surface area is 192 Å². The van der Waals surface area contributed by atoms with E-state index in [1.807, 2.05) is 26.0 Å². The van der Waals surface area contributed by atoms with Crippen molar-refractivity contribution in [2.24, 2.45) is 35.5 Å². The van der Waals surface area contributed by atoms with Gasteiger partial charge in [-0.3, -0.25) is 14.9 Å². The average molecular weight is 462 g/mol. The van der Waals surface area contributed by atoms with Crippen molar-refractivity contribution in [2.45, 2.75) is 63.6 Å². The number of aliphatic hydroxyl groups is 1. The van der Waals surface area contributed by atoms with Crippen molar-refractivity contribution in [3.63, 3.8) is 0 Å². The van der Waals surface area contributed by atoms with Gasteiger partial charge >= 0.3 is 5.97 Å². The van der Waals surface area contributed by atoms with E-state index in [0.29, 0.717) is 5.57 Å². The van der Waals surface area contributed by atoms with E-state index in [9.17, 15) is 24.8 Å². The lowest BCUT2D eigenvalue weighted by Gasteiger charge is -2.55. The number of hydrogen-bond acceptors (Lipinski definition) is 8. The van der Waals surface area contributed by atoms with Gasteiger partial charge in [-0.15, -0.1) is 0 Å². The topological polar surface area (TPSA) is 125 Å². The highest BCUT2D eigenvalue weighted by Gasteiger charge is 2.73. The average Bonchev–Trinajstić information content (AvgIpc) is 2.94. The van der Waals surface area contributed by atoms with E-state index in [2.05, 4.69) is 0 Å². The number of Topliss-reactive ketones (excluding diaryl/α,β-unsaturated/α-hetero) is 1. The normalized spacial score (nSPS) is 48.8. The first kappa shape index (κ1) is 22.7. The summed E-state index contributed by atoms with van der Waals surface area (Å²) in [4.78, 5) is 38.0. The van der Waals surface area contributed by atoms with Crippen LogP contribution in [-0.4, -0.2) is 65.0 Å². The smallest absolute Gasteiger partial charge is 0.343 e. The number of rotatable bonds is 4. The molecule has 0 radical (unpaired) electrons. The van der Waals surface area contributed by atoms with Crippen LogP contribution in [0.4, 0.5) is 0 Å². The van der Waals surface area contributed by atoms with Crippen molar-refractivity contribution in [1.82, 2.24) is 0 Å². The minimum Gasteiger partial charge on any atom is -0.457 e. The third-order valence-electron chi connectivity index (χ3n) is 9.13. The first-order valence-corrected chi connectivity index (χ1v) is 11.7. The van der Waals surface area contributed by atoms with E-state index < -0.39 is 53.2 Å². The Hall–Kier alpha value is -2.10. The van der Waals surface area contributed by atoms with Crippen LogP contribution in [-0.2, 0) is 23.8 Å². The van der Waals surface area contributed by atoms with Crippen LogP contribution >= 0.6 is 0 Å². The molecule has 4 bridgehead atoms. The molecule has 0 amide bonds. The van der Waals surface area contributed by atoms with Crippen molar-refractivity contribution in [2.75, 3.05) is 13.7 Å². The van der Waals surface area contributed by atoms with Gasteiger partial charge in [-0.25, -0.2) is 4.79 Å². The van der Waals surface area contributed by atoms with Gasteiger partial charge in [0, 0.05) is 42.1 Å². The van der Waals surface area contributed by atoms with Crippen LogP contribution in [0.3, 0.4) is 0 Å². The van der Waals surface area contributed by atoms with Gasteiger partial charge < -0.3 is 19.3 Å². The molecule has 1 saturated carbocycles. The highest BCUT2D eigenvalue weighted by Crippen LogP contribution is 2.65. The number of hydrogen-bond donors (Lipinski definition) is 1. The second kappa shape index (κ2) is 7.20. The first-order chi connectivity index (χ1) is 15.5. The molecule has 2 unspecified atom stereocenters. The van der Waals surface area contributed by atoms with E-state index in [1.165, 1.54) is 7.11 Å². The number of carbonyl (C=O) groups is 2. The maximum absolute atomic E-state index is 13.7. The molecule has 0 aromatic heterocycles. The van der Waals surface area contributed by atoms with Crippen LogP contribution in [0.15, 0.2) is 23.3 Å². The zero-order chi connectivity index (χ0) is 24.0. The van der Waals surface area contributed by atoms with Crippen LogP contribution < -0.4 is 0 Å². The largest absolute Gasteiger partial charge is 0.457 e. The van der Waals surface area contributed by atoms with Gasteiger partial charge in [-0.1, -0.05) is 26.0 Å². The number of fused-ring (bicyclic) bond motifs is 1. The van der Waals surface area contributed by atoms with E-state index >= 15 is 0 Å². The van der Waals surface area contributed by atoms with Crippen molar-refractivity contribution in [1.29, 1.82) is 0 Å². The molecule has 1 spiro atoms. The zero-order valence-corrected chi connectivity index (χ0v) is 19.5. The van der Waals surface area contributed by atoms with Crippen LogP contribution in [0.25, 0.3) is 0 Å². The number of nitrogens with zero attached hydrogens (tertiary/aromatic N) is 1. The Kier molecular flexibility index (Phi) is 4.95. The SMILES string of the molecule is CO[C@]12C[C@H]3C=C[C@@H]4[C@H]5C(=O)C(C)C(C[N+](=O)[O-])[C@@H]4O[C@@]35C(C)=C1[C@@H](C)[C@@H]([C@@H](C)O)OC2=O. The fraction of sp³-hybridized carbons (Fsp3) is 0.750. The Bertz CT molecular complexity index is 987. The van der Waals surface area contributed by atoms with Gasteiger partial charge in [-0.2, -0.15) is 0 Å². The van der Waals surface area contributed by atoms with Gasteiger partial charge in [0.1, 0.15) is 17.5 Å². The molecule has 0 aromatic carbocycles. The molecule has 2 saturated heterocycles. The van der Waals surface area contributed by atoms with Crippen LogP contribution in [0.1, 0.15) is 34.1 Å². The fourth-order valence-corrected chi connectivity index (χ4v) is 7.72. The van der Waals surface area contributed by atoms with Gasteiger partial charge in [-0.05, 0) is 25.0 Å². The maximum Gasteiger partial charge on any atom is 0.343 e. The number of methoxy groups -OCH3 is 1. The summed E-state index contributed by atoms with van der Waals surface area (Å²) in [5, 5.41) is 21.7. The summed E-state index contributed by atoms with van der Waals surface area (Å²) in [5.74, 6) is -2.93. The van der Waals surface area contributed by atoms with Crippen molar-refractivity contribution in [3.8, 4) is 0 Å². The molecule has 3 fully saturated rings. The molecule has 5 aliphatic rings. The van der Waals surface area contributed by atoms with Gasteiger partial charge in [0.15, 0.2) is 5.60 Å². The molecule has 33 heavy (non-hydrogen) atoms. The Morgan fingerprint density at radius 3 is 2.61 bits per heavy atom. The monoisotopic (exact) mass is 461 g/mol. The minimum absolute atomic E-state index is 0.0158. The lowest BCUT2D eigenvalue weighted by Crippen LogP contribution is -2.64. The quantitative estimate of drug-likeness (QED) is 0.290. The number of ketones is 1. The number of esters is 1. The molecule has 11 atom stereocenters. The van der Waals surface area contributed by atoms with E-state index in [-0.39, 0.29) is 41.4 Å². The van der Waals surface area contributed by atoms with E-state index in [0.717, 1.165) is 5.57 Å². The van der Waals surface area contributed by atoms with Gasteiger partial charge in [0.05, 0.1) is 24.0 Å². The Morgan fingerprint density at radius 2 is 2.00 bits per heavy atom. The second-order valence-corrected chi connectivity index (χ2v) is 10.5. The molecule has 9 nitrogen and oxygen atoms in total. The summed E-state index contributed by atoms with van der Waals surface area (Å²) < 4.78 is 18.3. The highest BCUT2D eigenvalue weighted by molar-refractivity contribution is 5.90. The molecule has 180 valence electrons. The van der Waals surface area contributed by atoms with Gasteiger partial charge in [0.2, 0.25) is 6.54 Å². The summed E-state index contributed by atoms with van der Waals surface area (Å²) in [7, 11) is 1.48. The molecular weight excluding hydrogens is 430 g/mol. The summed E-state index contributed by atoms with van der Waals surface area (Å²) >= 11 is 0. The minimum atomic E-state index is -1.32. The molecule has 1 N–H and O–H groups in total. The first-order valence-electron chi connectivity index (χ1n) is 11.7. The maximum atomic E-state index is 13.7. The molecule has 2 heterocycles. The summed E-state index contributed by atoms with van der Waals surface area (Å²) in [6.45, 7) is 6.81. The molecule has 2 aliphatic heterocycles. The highest BCUT2D eigenvalue weighted by atomic mass is 16.6. The van der Waals surface area contributed by atoms with Gasteiger partial charge in [0.25, 0.3) is 0 Å². The van der Waals surface area contributed by atoms with Crippen molar-refractivity contribution >= 4 is 11.8 Å². The third-order valence-corrected chi connectivity index (χ3v) is 9.13. The van der Waals surface area contributed by atoms with E-state index in [4.69, 9.17) is 14.2 Å². The number of cyclic esters (lactones) is 1.